The van der Waals surface area contributed by atoms with Gasteiger partial charge in [0.1, 0.15) is 4.32 Å². The van der Waals surface area contributed by atoms with Crippen molar-refractivity contribution in [3.63, 3.8) is 0 Å². The van der Waals surface area contributed by atoms with Crippen molar-refractivity contribution in [2.45, 2.75) is 6.92 Å². The summed E-state index contributed by atoms with van der Waals surface area (Å²) in [5.74, 6) is 0. The molecule has 7 heteroatoms. The van der Waals surface area contributed by atoms with E-state index in [0.29, 0.717) is 24.0 Å². The van der Waals surface area contributed by atoms with Crippen LogP contribution in [0, 0.1) is 0 Å². The standard InChI is InChI=1S/C8H14N2O2S2.Na.H/c1-2-12-7(11)9-3-5-10(6-4-9)8(13)14;;/h2-6H2,1H3,(H,13,14);;. The van der Waals surface area contributed by atoms with Gasteiger partial charge in [-0.05, 0) is 6.92 Å². The van der Waals surface area contributed by atoms with E-state index in [9.17, 15) is 4.79 Å². The van der Waals surface area contributed by atoms with Crippen LogP contribution >= 0.6 is 24.8 Å². The minimum atomic E-state index is -0.239. The van der Waals surface area contributed by atoms with Gasteiger partial charge in [-0.15, -0.1) is 12.6 Å². The molecule has 1 saturated heterocycles. The summed E-state index contributed by atoms with van der Waals surface area (Å²) in [6.45, 7) is 5.00. The summed E-state index contributed by atoms with van der Waals surface area (Å²) in [6, 6.07) is 0. The Bertz CT molecular complexity index is 233. The normalized spacial score (nSPS) is 15.6. The van der Waals surface area contributed by atoms with Crippen LogP contribution < -0.4 is 0 Å². The summed E-state index contributed by atoms with van der Waals surface area (Å²) in [5, 5.41) is 0. The topological polar surface area (TPSA) is 32.8 Å². The number of carbonyl (C=O) groups excluding carboxylic acids is 1. The Morgan fingerprint density at radius 2 is 1.80 bits per heavy atom. The molecule has 0 aromatic rings. The van der Waals surface area contributed by atoms with Crippen LogP contribution in [0.1, 0.15) is 6.92 Å². The molecule has 0 aromatic carbocycles. The molecule has 1 fully saturated rings. The number of thiol groups is 1. The van der Waals surface area contributed by atoms with Gasteiger partial charge in [0.05, 0.1) is 6.61 Å². The fourth-order valence-corrected chi connectivity index (χ4v) is 1.68. The van der Waals surface area contributed by atoms with Crippen molar-refractivity contribution in [2.24, 2.45) is 0 Å². The third kappa shape index (κ3) is 4.91. The average Bonchev–Trinajstić information content (AvgIpc) is 2.18. The van der Waals surface area contributed by atoms with Crippen molar-refractivity contribution in [3.8, 4) is 0 Å². The maximum absolute atomic E-state index is 11.3. The molecule has 0 aliphatic carbocycles. The van der Waals surface area contributed by atoms with Gasteiger partial charge in [-0.25, -0.2) is 4.79 Å². The summed E-state index contributed by atoms with van der Waals surface area (Å²) in [7, 11) is 0. The first-order valence-corrected chi connectivity index (χ1v) is 5.40. The summed E-state index contributed by atoms with van der Waals surface area (Å²) >= 11 is 9.01. The Balaban J connectivity index is 0.00000196. The number of hydrogen-bond donors (Lipinski definition) is 1. The predicted octanol–water partition coefficient (Wildman–Crippen LogP) is 0.327. The van der Waals surface area contributed by atoms with Crippen LogP contribution in [-0.2, 0) is 4.74 Å². The zero-order valence-corrected chi connectivity index (χ0v) is 9.81. The molecule has 0 aromatic heterocycles. The maximum atomic E-state index is 11.3. The van der Waals surface area contributed by atoms with Crippen molar-refractivity contribution in [1.82, 2.24) is 9.80 Å². The Kier molecular flexibility index (Phi) is 7.99. The molecule has 15 heavy (non-hydrogen) atoms. The molecular formula is C8H15N2NaO2S2. The average molecular weight is 258 g/mol. The van der Waals surface area contributed by atoms with E-state index >= 15 is 0 Å². The number of hydrogen-bond acceptors (Lipinski definition) is 3. The molecule has 0 unspecified atom stereocenters. The molecule has 0 saturated carbocycles. The third-order valence-corrected chi connectivity index (χ3v) is 2.62. The Labute approximate surface area is 123 Å². The van der Waals surface area contributed by atoms with E-state index in [2.05, 4.69) is 12.6 Å². The molecule has 0 N–H and O–H groups in total. The molecule has 1 aliphatic heterocycles. The van der Waals surface area contributed by atoms with Crippen LogP contribution in [0.2, 0.25) is 0 Å². The molecule has 0 spiro atoms. The van der Waals surface area contributed by atoms with Crippen LogP contribution in [0.25, 0.3) is 0 Å². The van der Waals surface area contributed by atoms with E-state index in [0.717, 1.165) is 13.1 Å². The van der Waals surface area contributed by atoms with E-state index in [-0.39, 0.29) is 35.7 Å². The first-order valence-electron chi connectivity index (χ1n) is 4.54. The summed E-state index contributed by atoms with van der Waals surface area (Å²) in [4.78, 5) is 15.0. The summed E-state index contributed by atoms with van der Waals surface area (Å²) in [5.41, 5.74) is 0. The van der Waals surface area contributed by atoms with E-state index in [4.69, 9.17) is 17.0 Å². The molecule has 4 nitrogen and oxygen atoms in total. The number of piperazine rings is 1. The Hall–Kier alpha value is 0.510. The van der Waals surface area contributed by atoms with Crippen molar-refractivity contribution in [2.75, 3.05) is 32.8 Å². The van der Waals surface area contributed by atoms with Crippen LogP contribution in [0.3, 0.4) is 0 Å². The first-order chi connectivity index (χ1) is 6.65. The molecule has 82 valence electrons. The number of nitrogens with zero attached hydrogens (tertiary/aromatic N) is 2. The van der Waals surface area contributed by atoms with Crippen molar-refractivity contribution in [1.29, 1.82) is 0 Å². The Morgan fingerprint density at radius 1 is 1.33 bits per heavy atom. The van der Waals surface area contributed by atoms with Crippen LogP contribution in [0.4, 0.5) is 4.79 Å². The predicted molar refractivity (Wildman–Crippen MR) is 68.9 cm³/mol. The quantitative estimate of drug-likeness (QED) is 0.417. The third-order valence-electron chi connectivity index (χ3n) is 2.08. The zero-order valence-electron chi connectivity index (χ0n) is 8.10. The fraction of sp³-hybridized carbons (Fsp3) is 0.750. The number of rotatable bonds is 1. The molecule has 1 aliphatic rings. The van der Waals surface area contributed by atoms with Gasteiger partial charge in [0, 0.05) is 26.2 Å². The van der Waals surface area contributed by atoms with Crippen molar-refractivity contribution in [3.05, 3.63) is 0 Å². The van der Waals surface area contributed by atoms with Crippen LogP contribution in [-0.4, -0.2) is 82.6 Å². The summed E-state index contributed by atoms with van der Waals surface area (Å²) < 4.78 is 5.48. The molecule has 0 radical (unpaired) electrons. The van der Waals surface area contributed by atoms with Crippen molar-refractivity contribution < 1.29 is 9.53 Å². The van der Waals surface area contributed by atoms with Gasteiger partial charge >= 0.3 is 35.7 Å². The van der Waals surface area contributed by atoms with E-state index < -0.39 is 0 Å². The minimum absolute atomic E-state index is 0. The van der Waals surface area contributed by atoms with E-state index in [1.807, 2.05) is 4.90 Å². The summed E-state index contributed by atoms with van der Waals surface area (Å²) in [6.07, 6.45) is -0.239. The van der Waals surface area contributed by atoms with Gasteiger partial charge in [0.2, 0.25) is 0 Å². The van der Waals surface area contributed by atoms with Gasteiger partial charge in [-0.2, -0.15) is 0 Å². The van der Waals surface area contributed by atoms with Gasteiger partial charge in [-0.1, -0.05) is 12.2 Å². The first kappa shape index (κ1) is 15.5. The van der Waals surface area contributed by atoms with Gasteiger partial charge in [0.25, 0.3) is 0 Å². The molecular weight excluding hydrogens is 243 g/mol. The molecule has 1 heterocycles. The SMILES string of the molecule is CCOC(=O)N1CCN(C(=S)S)CC1.[NaH]. The van der Waals surface area contributed by atoms with Gasteiger partial charge in [-0.3, -0.25) is 0 Å². The second kappa shape index (κ2) is 7.73. The molecule has 0 atom stereocenters. The number of thiocarbonyl (C=S) groups is 1. The second-order valence-corrected chi connectivity index (χ2v) is 4.07. The molecule has 1 amide bonds. The van der Waals surface area contributed by atoms with Crippen LogP contribution in [0.5, 0.6) is 0 Å². The van der Waals surface area contributed by atoms with Crippen LogP contribution in [0.15, 0.2) is 0 Å². The van der Waals surface area contributed by atoms with E-state index in [1.54, 1.807) is 11.8 Å². The van der Waals surface area contributed by atoms with E-state index in [1.165, 1.54) is 0 Å². The van der Waals surface area contributed by atoms with Gasteiger partial charge < -0.3 is 14.5 Å². The monoisotopic (exact) mass is 258 g/mol. The van der Waals surface area contributed by atoms with Gasteiger partial charge in [0.15, 0.2) is 0 Å². The van der Waals surface area contributed by atoms with Crippen molar-refractivity contribution >= 4 is 64.8 Å². The Morgan fingerprint density at radius 3 is 2.20 bits per heavy atom. The zero-order chi connectivity index (χ0) is 10.6. The molecule has 0 bridgehead atoms. The fourth-order valence-electron chi connectivity index (χ4n) is 1.30. The second-order valence-electron chi connectivity index (χ2n) is 2.96. The molecule has 1 rings (SSSR count). The number of amides is 1. The number of carbonyl (C=O) groups is 1. The number of ether oxygens (including phenoxy) is 1.